The Balaban J connectivity index is 0.00000261. The highest BCUT2D eigenvalue weighted by Gasteiger charge is 2.21. The molecule has 0 saturated carbocycles. The highest BCUT2D eigenvalue weighted by molar-refractivity contribution is 14.0. The first-order chi connectivity index (χ1) is 12.3. The lowest BCUT2D eigenvalue weighted by molar-refractivity contribution is 0.392. The van der Waals surface area contributed by atoms with E-state index in [-0.39, 0.29) is 29.4 Å². The first kappa shape index (κ1) is 22.1. The molecule has 0 aromatic carbocycles. The van der Waals surface area contributed by atoms with Gasteiger partial charge in [-0.15, -0.1) is 35.3 Å². The van der Waals surface area contributed by atoms with E-state index in [4.69, 9.17) is 4.98 Å². The highest BCUT2D eigenvalue weighted by atomic mass is 127. The molecule has 1 unspecified atom stereocenters. The Morgan fingerprint density at radius 2 is 2.15 bits per heavy atom. The number of nitrogens with one attached hydrogen (secondary N) is 2. The van der Waals surface area contributed by atoms with Crippen LogP contribution in [-0.4, -0.2) is 45.3 Å². The lowest BCUT2D eigenvalue weighted by Gasteiger charge is -2.25. The number of aromatic nitrogens is 4. The second-order valence-corrected chi connectivity index (χ2v) is 8.71. The molecule has 1 atom stereocenters. The van der Waals surface area contributed by atoms with E-state index in [0.717, 1.165) is 50.0 Å². The van der Waals surface area contributed by atoms with Gasteiger partial charge in [0.1, 0.15) is 11.6 Å². The smallest absolute Gasteiger partial charge is 0.191 e. The number of hydrogen-bond donors (Lipinski definition) is 2. The summed E-state index contributed by atoms with van der Waals surface area (Å²) in [6.07, 6.45) is 2.89. The molecular weight excluding hydrogens is 473 g/mol. The van der Waals surface area contributed by atoms with Crippen LogP contribution in [0.5, 0.6) is 0 Å². The summed E-state index contributed by atoms with van der Waals surface area (Å²) in [5, 5.41) is 14.7. The Labute approximate surface area is 182 Å². The number of aliphatic imine (C=N–C) groups is 1. The molecule has 0 amide bonds. The number of halogens is 1. The van der Waals surface area contributed by atoms with E-state index in [1.165, 1.54) is 10.7 Å². The van der Waals surface area contributed by atoms with Crippen LogP contribution >= 0.6 is 35.3 Å². The zero-order chi connectivity index (χ0) is 18.7. The van der Waals surface area contributed by atoms with Gasteiger partial charge in [-0.25, -0.2) is 14.6 Å². The molecule has 0 aliphatic carbocycles. The number of rotatable bonds is 4. The molecule has 1 aliphatic heterocycles. The van der Waals surface area contributed by atoms with Crippen molar-refractivity contribution in [3.05, 3.63) is 27.7 Å². The fourth-order valence-electron chi connectivity index (χ4n) is 3.00. The number of fused-ring (bicyclic) bond motifs is 1. The minimum Gasteiger partial charge on any atom is -0.356 e. The number of hydrogen-bond acceptors (Lipinski definition) is 5. The van der Waals surface area contributed by atoms with Crippen molar-refractivity contribution in [1.82, 2.24) is 30.4 Å². The van der Waals surface area contributed by atoms with Crippen LogP contribution in [0.3, 0.4) is 0 Å². The van der Waals surface area contributed by atoms with Gasteiger partial charge < -0.3 is 10.6 Å². The second kappa shape index (κ2) is 9.31. The van der Waals surface area contributed by atoms with Gasteiger partial charge in [0.25, 0.3) is 0 Å². The van der Waals surface area contributed by atoms with Crippen LogP contribution in [0, 0.1) is 6.92 Å². The predicted octanol–water partition coefficient (Wildman–Crippen LogP) is 2.68. The summed E-state index contributed by atoms with van der Waals surface area (Å²) >= 11 is 1.74. The largest absolute Gasteiger partial charge is 0.356 e. The standard InChI is InChI=1S/C18H29N7S.HI/c1-12-21-15-7-6-13(10-25(15)24-12)22-17(19-5)20-9-8-16-23-14(11-26-16)18(2,3)4;/h11,13H,6-10H2,1-5H3,(H2,19,20,22);1H. The maximum atomic E-state index is 4.75. The summed E-state index contributed by atoms with van der Waals surface area (Å²) in [5.41, 5.74) is 1.28. The van der Waals surface area contributed by atoms with Gasteiger partial charge in [-0.3, -0.25) is 4.99 Å². The van der Waals surface area contributed by atoms with Crippen LogP contribution in [0.4, 0.5) is 0 Å². The van der Waals surface area contributed by atoms with Gasteiger partial charge in [0.2, 0.25) is 0 Å². The SMILES string of the molecule is CN=C(NCCc1nc(C(C)(C)C)cs1)NC1CCc2nc(C)nn2C1.I. The highest BCUT2D eigenvalue weighted by Crippen LogP contribution is 2.23. The van der Waals surface area contributed by atoms with E-state index in [2.05, 4.69) is 51.9 Å². The van der Waals surface area contributed by atoms with Crippen LogP contribution in [0.2, 0.25) is 0 Å². The van der Waals surface area contributed by atoms with Gasteiger partial charge in [0, 0.05) is 43.3 Å². The average molecular weight is 503 g/mol. The first-order valence-electron chi connectivity index (χ1n) is 9.17. The van der Waals surface area contributed by atoms with Crippen LogP contribution in [0.1, 0.15) is 49.5 Å². The van der Waals surface area contributed by atoms with Crippen molar-refractivity contribution in [3.63, 3.8) is 0 Å². The van der Waals surface area contributed by atoms with Gasteiger partial charge in [-0.2, -0.15) is 5.10 Å². The topological polar surface area (TPSA) is 80.0 Å². The van der Waals surface area contributed by atoms with Gasteiger partial charge in [0.05, 0.1) is 17.2 Å². The molecule has 9 heteroatoms. The van der Waals surface area contributed by atoms with Crippen LogP contribution in [-0.2, 0) is 24.8 Å². The van der Waals surface area contributed by atoms with Gasteiger partial charge >= 0.3 is 0 Å². The number of thiazole rings is 1. The van der Waals surface area contributed by atoms with Crippen molar-refractivity contribution in [2.24, 2.45) is 4.99 Å². The summed E-state index contributed by atoms with van der Waals surface area (Å²) < 4.78 is 2.01. The first-order valence-corrected chi connectivity index (χ1v) is 10.1. The minimum absolute atomic E-state index is 0. The summed E-state index contributed by atoms with van der Waals surface area (Å²) in [5.74, 6) is 2.77. The fraction of sp³-hybridized carbons (Fsp3) is 0.667. The molecule has 0 fully saturated rings. The van der Waals surface area contributed by atoms with Crippen molar-refractivity contribution >= 4 is 41.3 Å². The predicted molar refractivity (Wildman–Crippen MR) is 121 cm³/mol. The van der Waals surface area contributed by atoms with E-state index in [0.29, 0.717) is 6.04 Å². The van der Waals surface area contributed by atoms with E-state index < -0.39 is 0 Å². The van der Waals surface area contributed by atoms with Crippen LogP contribution in [0.15, 0.2) is 10.4 Å². The quantitative estimate of drug-likeness (QED) is 0.381. The molecule has 7 nitrogen and oxygen atoms in total. The van der Waals surface area contributed by atoms with E-state index in [1.54, 1.807) is 11.3 Å². The summed E-state index contributed by atoms with van der Waals surface area (Å²) in [6.45, 7) is 10.2. The third-order valence-electron chi connectivity index (χ3n) is 4.48. The molecule has 3 rings (SSSR count). The molecular formula is C18H30IN7S. The lowest BCUT2D eigenvalue weighted by Crippen LogP contribution is -2.47. The fourth-order valence-corrected chi connectivity index (χ4v) is 4.02. The van der Waals surface area contributed by atoms with E-state index >= 15 is 0 Å². The third-order valence-corrected chi connectivity index (χ3v) is 5.39. The molecule has 0 saturated heterocycles. The molecule has 27 heavy (non-hydrogen) atoms. The molecule has 2 aromatic heterocycles. The molecule has 3 heterocycles. The lowest BCUT2D eigenvalue weighted by atomic mass is 9.93. The summed E-state index contributed by atoms with van der Waals surface area (Å²) in [4.78, 5) is 13.6. The molecule has 0 spiro atoms. The van der Waals surface area contributed by atoms with Crippen molar-refractivity contribution in [1.29, 1.82) is 0 Å². The molecule has 2 N–H and O–H groups in total. The zero-order valence-electron chi connectivity index (χ0n) is 16.7. The van der Waals surface area contributed by atoms with Crippen LogP contribution < -0.4 is 10.6 Å². The Morgan fingerprint density at radius 1 is 1.37 bits per heavy atom. The number of nitrogens with zero attached hydrogens (tertiary/aromatic N) is 5. The van der Waals surface area contributed by atoms with Crippen molar-refractivity contribution in [2.45, 2.75) is 65.0 Å². The Bertz CT molecular complexity index is 775. The van der Waals surface area contributed by atoms with Crippen molar-refractivity contribution in [3.8, 4) is 0 Å². The zero-order valence-corrected chi connectivity index (χ0v) is 19.9. The third kappa shape index (κ3) is 5.87. The van der Waals surface area contributed by atoms with Crippen molar-refractivity contribution < 1.29 is 0 Å². The molecule has 150 valence electrons. The Kier molecular flexibility index (Phi) is 7.61. The maximum Gasteiger partial charge on any atom is 0.191 e. The van der Waals surface area contributed by atoms with Crippen LogP contribution in [0.25, 0.3) is 0 Å². The number of guanidine groups is 1. The minimum atomic E-state index is 0. The van der Waals surface area contributed by atoms with Gasteiger partial charge in [0.15, 0.2) is 5.96 Å². The second-order valence-electron chi connectivity index (χ2n) is 7.76. The van der Waals surface area contributed by atoms with Gasteiger partial charge in [-0.05, 0) is 13.3 Å². The molecule has 0 bridgehead atoms. The molecule has 1 aliphatic rings. The maximum absolute atomic E-state index is 4.75. The Hall–Kier alpha value is -1.23. The summed E-state index contributed by atoms with van der Waals surface area (Å²) in [6, 6.07) is 0.321. The Morgan fingerprint density at radius 3 is 2.81 bits per heavy atom. The van der Waals surface area contributed by atoms with E-state index in [1.807, 2.05) is 18.7 Å². The average Bonchev–Trinajstić information content (AvgIpc) is 3.18. The monoisotopic (exact) mass is 503 g/mol. The normalized spacial score (nSPS) is 17.2. The molecule has 2 aromatic rings. The van der Waals surface area contributed by atoms with Crippen molar-refractivity contribution in [2.75, 3.05) is 13.6 Å². The molecule has 0 radical (unpaired) electrons. The van der Waals surface area contributed by atoms with E-state index in [9.17, 15) is 0 Å². The van der Waals surface area contributed by atoms with Gasteiger partial charge in [-0.1, -0.05) is 20.8 Å². The summed E-state index contributed by atoms with van der Waals surface area (Å²) in [7, 11) is 1.81. The number of aryl methyl sites for hydroxylation is 2.